The number of benzene rings is 1. The highest BCUT2D eigenvalue weighted by Crippen LogP contribution is 2.25. The van der Waals surface area contributed by atoms with E-state index >= 15 is 0 Å². The molecule has 2 heterocycles. The van der Waals surface area contributed by atoms with Crippen molar-refractivity contribution < 1.29 is 4.39 Å². The average molecular weight is 325 g/mol. The molecule has 3 aromatic rings. The van der Waals surface area contributed by atoms with Crippen molar-refractivity contribution in [1.82, 2.24) is 19.3 Å². The lowest BCUT2D eigenvalue weighted by Crippen LogP contribution is -2.03. The van der Waals surface area contributed by atoms with Gasteiger partial charge in [0.25, 0.3) is 0 Å². The van der Waals surface area contributed by atoms with Gasteiger partial charge in [0, 0.05) is 12.1 Å². The van der Waals surface area contributed by atoms with Gasteiger partial charge >= 0.3 is 0 Å². The van der Waals surface area contributed by atoms with Crippen molar-refractivity contribution in [3.8, 4) is 5.69 Å². The number of hydrogen-bond acceptors (Lipinski definition) is 2. The first-order valence-electron chi connectivity index (χ1n) is 6.65. The lowest BCUT2D eigenvalue weighted by atomic mass is 10.2. The Labute approximate surface area is 131 Å². The molecule has 0 unspecified atom stereocenters. The molecule has 3 rings (SSSR count). The number of H-pyrrole nitrogens is 1. The van der Waals surface area contributed by atoms with E-state index in [0.29, 0.717) is 15.5 Å². The van der Waals surface area contributed by atoms with Gasteiger partial charge in [0.15, 0.2) is 10.4 Å². The van der Waals surface area contributed by atoms with Gasteiger partial charge in [-0.1, -0.05) is 24.9 Å². The van der Waals surface area contributed by atoms with Crippen LogP contribution >= 0.6 is 23.8 Å². The van der Waals surface area contributed by atoms with E-state index in [9.17, 15) is 4.39 Å². The Balaban J connectivity index is 2.32. The van der Waals surface area contributed by atoms with Gasteiger partial charge in [-0.3, -0.25) is 4.57 Å². The number of rotatable bonds is 3. The first-order chi connectivity index (χ1) is 10.0. The highest BCUT2D eigenvalue weighted by molar-refractivity contribution is 7.71. The van der Waals surface area contributed by atoms with Crippen molar-refractivity contribution in [3.05, 3.63) is 39.5 Å². The van der Waals surface area contributed by atoms with Crippen LogP contribution in [0.25, 0.3) is 16.9 Å². The smallest absolute Gasteiger partial charge is 0.184 e. The summed E-state index contributed by atoms with van der Waals surface area (Å²) in [7, 11) is 1.83. The highest BCUT2D eigenvalue weighted by atomic mass is 35.5. The van der Waals surface area contributed by atoms with Crippen molar-refractivity contribution in [2.24, 2.45) is 7.05 Å². The normalized spacial score (nSPS) is 11.4. The minimum atomic E-state index is -0.419. The van der Waals surface area contributed by atoms with E-state index in [0.717, 1.165) is 29.7 Å². The summed E-state index contributed by atoms with van der Waals surface area (Å²) in [6.07, 6.45) is 1.82. The van der Waals surface area contributed by atoms with E-state index in [1.165, 1.54) is 6.07 Å². The van der Waals surface area contributed by atoms with Crippen LogP contribution < -0.4 is 0 Å². The Morgan fingerprint density at radius 2 is 2.19 bits per heavy atom. The molecule has 1 N–H and O–H groups in total. The van der Waals surface area contributed by atoms with E-state index in [4.69, 9.17) is 23.8 Å². The van der Waals surface area contributed by atoms with Gasteiger partial charge in [0.1, 0.15) is 11.3 Å². The Hall–Kier alpha value is -1.66. The molecule has 0 spiro atoms. The third kappa shape index (κ3) is 2.28. The van der Waals surface area contributed by atoms with E-state index in [1.807, 2.05) is 7.05 Å². The topological polar surface area (TPSA) is 38.5 Å². The molecule has 0 atom stereocenters. The molecule has 2 aromatic heterocycles. The van der Waals surface area contributed by atoms with E-state index in [2.05, 4.69) is 17.0 Å². The fraction of sp³-hybridized carbons (Fsp3) is 0.286. The quantitative estimate of drug-likeness (QED) is 0.734. The van der Waals surface area contributed by atoms with Gasteiger partial charge in [-0.05, 0) is 36.8 Å². The average Bonchev–Trinajstić information content (AvgIpc) is 2.89. The molecule has 0 aliphatic rings. The molecule has 0 radical (unpaired) electrons. The van der Waals surface area contributed by atoms with Crippen molar-refractivity contribution in [3.63, 3.8) is 0 Å². The maximum Gasteiger partial charge on any atom is 0.184 e. The first kappa shape index (κ1) is 14.3. The molecular formula is C14H14ClFN4S. The van der Waals surface area contributed by atoms with E-state index in [-0.39, 0.29) is 0 Å². The largest absolute Gasteiger partial charge is 0.327 e. The molecular weight excluding hydrogens is 311 g/mol. The van der Waals surface area contributed by atoms with Crippen LogP contribution in [0.1, 0.15) is 19.0 Å². The van der Waals surface area contributed by atoms with E-state index in [1.54, 1.807) is 21.4 Å². The summed E-state index contributed by atoms with van der Waals surface area (Å²) in [5, 5.41) is 4.84. The number of halogens is 2. The van der Waals surface area contributed by atoms with Crippen LogP contribution in [-0.2, 0) is 13.5 Å². The molecule has 0 fully saturated rings. The Kier molecular flexibility index (Phi) is 3.59. The summed E-state index contributed by atoms with van der Waals surface area (Å²) in [6.45, 7) is 2.09. The predicted molar refractivity (Wildman–Crippen MR) is 84.2 cm³/mol. The number of nitrogens with one attached hydrogen (secondary N) is 1. The lowest BCUT2D eigenvalue weighted by Gasteiger charge is -2.06. The fourth-order valence-corrected chi connectivity index (χ4v) is 2.96. The van der Waals surface area contributed by atoms with Crippen molar-refractivity contribution in [2.45, 2.75) is 19.8 Å². The maximum absolute atomic E-state index is 14.2. The van der Waals surface area contributed by atoms with Crippen LogP contribution in [0.15, 0.2) is 18.2 Å². The first-order valence-corrected chi connectivity index (χ1v) is 7.43. The van der Waals surface area contributed by atoms with Crippen LogP contribution in [-0.4, -0.2) is 19.3 Å². The molecule has 0 bridgehead atoms. The van der Waals surface area contributed by atoms with Crippen LogP contribution in [0.4, 0.5) is 4.39 Å². The second-order valence-electron chi connectivity index (χ2n) is 4.88. The zero-order valence-electron chi connectivity index (χ0n) is 11.7. The molecule has 110 valence electrons. The molecule has 0 aliphatic carbocycles. The van der Waals surface area contributed by atoms with Crippen LogP contribution in [0.3, 0.4) is 0 Å². The summed E-state index contributed by atoms with van der Waals surface area (Å²) in [4.78, 5) is 3.14. The second kappa shape index (κ2) is 5.27. The van der Waals surface area contributed by atoms with Gasteiger partial charge in [0.05, 0.1) is 11.4 Å². The predicted octanol–water partition coefficient (Wildman–Crippen LogP) is 4.17. The van der Waals surface area contributed by atoms with E-state index < -0.39 is 5.82 Å². The van der Waals surface area contributed by atoms with Crippen molar-refractivity contribution >= 4 is 35.0 Å². The monoisotopic (exact) mass is 324 g/mol. The third-order valence-corrected chi connectivity index (χ3v) is 3.89. The van der Waals surface area contributed by atoms with Crippen LogP contribution in [0.5, 0.6) is 0 Å². The number of aromatic amines is 1. The molecule has 0 amide bonds. The number of hydrogen-bond donors (Lipinski definition) is 1. The lowest BCUT2D eigenvalue weighted by molar-refractivity contribution is 0.616. The summed E-state index contributed by atoms with van der Waals surface area (Å²) in [5.41, 5.74) is 2.92. The Bertz CT molecular complexity index is 877. The van der Waals surface area contributed by atoms with Crippen LogP contribution in [0, 0.1) is 10.6 Å². The van der Waals surface area contributed by atoms with Gasteiger partial charge in [-0.2, -0.15) is 5.10 Å². The summed E-state index contributed by atoms with van der Waals surface area (Å²) >= 11 is 11.2. The minimum Gasteiger partial charge on any atom is -0.327 e. The molecule has 7 heteroatoms. The molecule has 0 aliphatic heterocycles. The molecule has 0 saturated carbocycles. The minimum absolute atomic E-state index is 0.353. The molecule has 21 heavy (non-hydrogen) atoms. The Morgan fingerprint density at radius 1 is 1.43 bits per heavy atom. The van der Waals surface area contributed by atoms with Crippen LogP contribution in [0.2, 0.25) is 5.02 Å². The summed E-state index contributed by atoms with van der Waals surface area (Å²) in [5.74, 6) is -0.419. The molecule has 4 nitrogen and oxygen atoms in total. The third-order valence-electron chi connectivity index (χ3n) is 3.37. The zero-order valence-corrected chi connectivity index (χ0v) is 13.2. The number of imidazole rings is 1. The fourth-order valence-electron chi connectivity index (χ4n) is 2.51. The number of fused-ring (bicyclic) bond motifs is 1. The standard InChI is InChI=1S/C14H14ClFN4S/c1-3-4-10-12-13(19(2)18-10)20(14(21)17-12)11-6-5-8(15)7-9(11)16/h5-7H,3-4H2,1-2H3,(H,17,21). The second-order valence-corrected chi connectivity index (χ2v) is 5.70. The molecule has 0 saturated heterocycles. The maximum atomic E-state index is 14.2. The number of aryl methyl sites for hydroxylation is 2. The zero-order chi connectivity index (χ0) is 15.1. The van der Waals surface area contributed by atoms with Crippen molar-refractivity contribution in [1.29, 1.82) is 0 Å². The van der Waals surface area contributed by atoms with Gasteiger partial charge in [0.2, 0.25) is 0 Å². The van der Waals surface area contributed by atoms with Gasteiger partial charge in [-0.25, -0.2) is 9.07 Å². The summed E-state index contributed by atoms with van der Waals surface area (Å²) < 4.78 is 18.0. The number of aromatic nitrogens is 4. The van der Waals surface area contributed by atoms with Crippen molar-refractivity contribution in [2.75, 3.05) is 0 Å². The SMILES string of the molecule is CCCc1nn(C)c2c1[nH]c(=S)n2-c1ccc(Cl)cc1F. The highest BCUT2D eigenvalue weighted by Gasteiger charge is 2.17. The van der Waals surface area contributed by atoms with Gasteiger partial charge in [-0.15, -0.1) is 0 Å². The Morgan fingerprint density at radius 3 is 2.86 bits per heavy atom. The van der Waals surface area contributed by atoms with Gasteiger partial charge < -0.3 is 4.98 Å². The molecule has 1 aromatic carbocycles. The summed E-state index contributed by atoms with van der Waals surface area (Å²) in [6, 6.07) is 4.54. The number of nitrogens with zero attached hydrogens (tertiary/aromatic N) is 3.